The third kappa shape index (κ3) is 6.16. The van der Waals surface area contributed by atoms with Crippen molar-refractivity contribution in [2.75, 3.05) is 45.8 Å². The van der Waals surface area contributed by atoms with Gasteiger partial charge in [-0.2, -0.15) is 0 Å². The quantitative estimate of drug-likeness (QED) is 0.519. The van der Waals surface area contributed by atoms with Crippen LogP contribution < -0.4 is 0 Å². The molecule has 1 amide bonds. The van der Waals surface area contributed by atoms with Gasteiger partial charge in [-0.1, -0.05) is 60.7 Å². The molecule has 0 N–H and O–H groups in total. The molecule has 0 bridgehead atoms. The van der Waals surface area contributed by atoms with Crippen molar-refractivity contribution in [3.05, 3.63) is 102 Å². The molecule has 5 nitrogen and oxygen atoms in total. The van der Waals surface area contributed by atoms with E-state index in [-0.39, 0.29) is 5.92 Å². The van der Waals surface area contributed by atoms with Crippen LogP contribution in [0.5, 0.6) is 0 Å². The number of piperidine rings is 1. The molecular formula is C30H36N4O. The highest BCUT2D eigenvalue weighted by atomic mass is 16.2. The number of hydrogen-bond donors (Lipinski definition) is 0. The maximum atomic E-state index is 13.3. The molecule has 3 heterocycles. The Morgan fingerprint density at radius 2 is 1.31 bits per heavy atom. The summed E-state index contributed by atoms with van der Waals surface area (Å²) in [5.41, 5.74) is 4.01. The van der Waals surface area contributed by atoms with E-state index in [0.717, 1.165) is 65.2 Å². The number of pyridine rings is 1. The van der Waals surface area contributed by atoms with Crippen molar-refractivity contribution in [3.63, 3.8) is 0 Å². The number of carbonyl (C=O) groups is 1. The minimum absolute atomic E-state index is 0.177. The average molecular weight is 469 g/mol. The number of benzene rings is 2. The minimum atomic E-state index is 0.177. The van der Waals surface area contributed by atoms with Crippen molar-refractivity contribution in [3.8, 4) is 0 Å². The monoisotopic (exact) mass is 468 g/mol. The first-order chi connectivity index (χ1) is 17.3. The molecular weight excluding hydrogens is 432 g/mol. The molecule has 0 atom stereocenters. The lowest BCUT2D eigenvalue weighted by molar-refractivity contribution is -0.138. The second kappa shape index (κ2) is 11.6. The van der Waals surface area contributed by atoms with E-state index in [1.807, 2.05) is 12.4 Å². The maximum absolute atomic E-state index is 13.3. The van der Waals surface area contributed by atoms with Crippen LogP contribution in [0.3, 0.4) is 0 Å². The number of aromatic nitrogens is 1. The molecule has 35 heavy (non-hydrogen) atoms. The van der Waals surface area contributed by atoms with E-state index < -0.39 is 0 Å². The Bertz CT molecular complexity index is 1000. The number of piperazine rings is 1. The van der Waals surface area contributed by atoms with E-state index >= 15 is 0 Å². The number of nitrogens with zero attached hydrogens (tertiary/aromatic N) is 4. The number of hydrogen-bond acceptors (Lipinski definition) is 4. The summed E-state index contributed by atoms with van der Waals surface area (Å²) >= 11 is 0. The third-order valence-corrected chi connectivity index (χ3v) is 7.62. The minimum Gasteiger partial charge on any atom is -0.340 e. The molecule has 2 saturated heterocycles. The van der Waals surface area contributed by atoms with E-state index in [1.54, 1.807) is 0 Å². The van der Waals surface area contributed by atoms with Gasteiger partial charge < -0.3 is 4.90 Å². The van der Waals surface area contributed by atoms with E-state index in [1.165, 1.54) is 16.7 Å². The molecule has 2 aromatic carbocycles. The normalized spacial score (nSPS) is 18.1. The highest BCUT2D eigenvalue weighted by molar-refractivity contribution is 5.79. The first kappa shape index (κ1) is 23.7. The fourth-order valence-corrected chi connectivity index (χ4v) is 5.53. The molecule has 3 aromatic rings. The van der Waals surface area contributed by atoms with Crippen LogP contribution in [0.25, 0.3) is 0 Å². The van der Waals surface area contributed by atoms with Gasteiger partial charge in [0, 0.05) is 63.5 Å². The first-order valence-corrected chi connectivity index (χ1v) is 13.0. The molecule has 2 aliphatic rings. The zero-order chi connectivity index (χ0) is 23.9. The molecule has 0 saturated carbocycles. The van der Waals surface area contributed by atoms with Crippen LogP contribution in [0.15, 0.2) is 85.2 Å². The molecule has 2 aliphatic heterocycles. The van der Waals surface area contributed by atoms with Gasteiger partial charge in [-0.15, -0.1) is 0 Å². The van der Waals surface area contributed by atoms with Crippen molar-refractivity contribution in [2.24, 2.45) is 5.92 Å². The van der Waals surface area contributed by atoms with Gasteiger partial charge in [0.05, 0.1) is 0 Å². The zero-order valence-electron chi connectivity index (χ0n) is 20.5. The van der Waals surface area contributed by atoms with Gasteiger partial charge in [0.15, 0.2) is 0 Å². The summed E-state index contributed by atoms with van der Waals surface area (Å²) in [6.07, 6.45) is 5.64. The molecule has 5 heteroatoms. The Balaban J connectivity index is 1.12. The molecule has 1 aromatic heterocycles. The fraction of sp³-hybridized carbons (Fsp3) is 0.400. The first-order valence-electron chi connectivity index (χ1n) is 13.0. The molecule has 0 spiro atoms. The van der Waals surface area contributed by atoms with Gasteiger partial charge >= 0.3 is 0 Å². The van der Waals surface area contributed by atoms with E-state index in [2.05, 4.69) is 92.5 Å². The summed E-state index contributed by atoms with van der Waals surface area (Å²) in [7, 11) is 0. The number of likely N-dealkylation sites (tertiary alicyclic amines) is 1. The predicted molar refractivity (Wildman–Crippen MR) is 140 cm³/mol. The Hall–Kier alpha value is -3.02. The van der Waals surface area contributed by atoms with Crippen LogP contribution in [0.4, 0.5) is 0 Å². The summed E-state index contributed by atoms with van der Waals surface area (Å²) in [4.78, 5) is 24.5. The molecule has 5 rings (SSSR count). The van der Waals surface area contributed by atoms with Crippen LogP contribution >= 0.6 is 0 Å². The lowest BCUT2D eigenvalue weighted by Crippen LogP contribution is -2.52. The van der Waals surface area contributed by atoms with Crippen molar-refractivity contribution < 1.29 is 4.79 Å². The Morgan fingerprint density at radius 3 is 1.89 bits per heavy atom. The van der Waals surface area contributed by atoms with E-state index in [4.69, 9.17) is 0 Å². The van der Waals surface area contributed by atoms with Gasteiger partial charge in [-0.05, 0) is 54.8 Å². The Labute approximate surface area is 209 Å². The summed E-state index contributed by atoms with van der Waals surface area (Å²) in [6, 6.07) is 25.8. The summed E-state index contributed by atoms with van der Waals surface area (Å²) in [5, 5.41) is 0. The molecule has 182 valence electrons. The summed E-state index contributed by atoms with van der Waals surface area (Å²) in [6.45, 7) is 7.50. The van der Waals surface area contributed by atoms with Crippen LogP contribution in [-0.4, -0.2) is 71.4 Å². The third-order valence-electron chi connectivity index (χ3n) is 7.62. The van der Waals surface area contributed by atoms with Crippen LogP contribution in [0.2, 0.25) is 0 Å². The number of carbonyl (C=O) groups excluding carboxylic acids is 1. The summed E-state index contributed by atoms with van der Waals surface area (Å²) < 4.78 is 0. The van der Waals surface area contributed by atoms with Crippen molar-refractivity contribution in [1.82, 2.24) is 19.7 Å². The topological polar surface area (TPSA) is 39.7 Å². The van der Waals surface area contributed by atoms with Crippen molar-refractivity contribution in [2.45, 2.75) is 25.3 Å². The highest BCUT2D eigenvalue weighted by Gasteiger charge is 2.31. The van der Waals surface area contributed by atoms with E-state index in [0.29, 0.717) is 11.8 Å². The van der Waals surface area contributed by atoms with Crippen LogP contribution in [0, 0.1) is 5.92 Å². The SMILES string of the molecule is O=C(C1CCN(Cc2ccncc2)CC1)N1CCN(CC(c2ccccc2)c2ccccc2)CC1. The lowest BCUT2D eigenvalue weighted by Gasteiger charge is -2.39. The average Bonchev–Trinajstić information content (AvgIpc) is 2.94. The van der Waals surface area contributed by atoms with Crippen LogP contribution in [0.1, 0.15) is 35.4 Å². The molecule has 0 radical (unpaired) electrons. The summed E-state index contributed by atoms with van der Waals surface area (Å²) in [5.74, 6) is 0.900. The fourth-order valence-electron chi connectivity index (χ4n) is 5.53. The van der Waals surface area contributed by atoms with Gasteiger partial charge in [0.25, 0.3) is 0 Å². The maximum Gasteiger partial charge on any atom is 0.225 e. The number of rotatable bonds is 7. The lowest BCUT2D eigenvalue weighted by atomic mass is 9.90. The second-order valence-electron chi connectivity index (χ2n) is 9.91. The number of amides is 1. The molecule has 2 fully saturated rings. The van der Waals surface area contributed by atoms with Gasteiger partial charge in [0.2, 0.25) is 5.91 Å². The standard InChI is InChI=1S/C30H36N4O/c35-30(28-13-17-32(18-14-28)23-25-11-15-31-16-12-25)34-21-19-33(20-22-34)24-29(26-7-3-1-4-8-26)27-9-5-2-6-10-27/h1-12,15-16,28-29H,13-14,17-24H2. The highest BCUT2D eigenvalue weighted by Crippen LogP contribution is 2.27. The molecule has 0 unspecified atom stereocenters. The smallest absolute Gasteiger partial charge is 0.225 e. The van der Waals surface area contributed by atoms with Crippen molar-refractivity contribution >= 4 is 5.91 Å². The Kier molecular flexibility index (Phi) is 7.86. The van der Waals surface area contributed by atoms with Crippen molar-refractivity contribution in [1.29, 1.82) is 0 Å². The zero-order valence-corrected chi connectivity index (χ0v) is 20.5. The van der Waals surface area contributed by atoms with Gasteiger partial charge in [-0.25, -0.2) is 0 Å². The van der Waals surface area contributed by atoms with Gasteiger partial charge in [0.1, 0.15) is 0 Å². The van der Waals surface area contributed by atoms with Crippen LogP contribution in [-0.2, 0) is 11.3 Å². The Morgan fingerprint density at radius 1 is 0.743 bits per heavy atom. The molecule has 0 aliphatic carbocycles. The largest absolute Gasteiger partial charge is 0.340 e. The van der Waals surface area contributed by atoms with E-state index in [9.17, 15) is 4.79 Å². The predicted octanol–water partition coefficient (Wildman–Crippen LogP) is 4.27. The van der Waals surface area contributed by atoms with Gasteiger partial charge in [-0.3, -0.25) is 19.6 Å². The second-order valence-corrected chi connectivity index (χ2v) is 9.91.